The van der Waals surface area contributed by atoms with E-state index in [4.69, 9.17) is 0 Å². The van der Waals surface area contributed by atoms with Crippen LogP contribution in [0.25, 0.3) is 11.0 Å². The second-order valence-electron chi connectivity index (χ2n) is 5.10. The smallest absolute Gasteiger partial charge is 0.224 e. The van der Waals surface area contributed by atoms with E-state index in [1.807, 2.05) is 48.5 Å². The van der Waals surface area contributed by atoms with E-state index in [1.54, 1.807) is 0 Å². The number of H-pyrrole nitrogens is 1. The number of nitrogens with zero attached hydrogens (tertiary/aromatic N) is 1. The Morgan fingerprint density at radius 2 is 1.91 bits per heavy atom. The minimum absolute atomic E-state index is 0.0263. The molecule has 1 aromatic heterocycles. The number of para-hydroxylation sites is 2. The first-order valence-corrected chi connectivity index (χ1v) is 7.95. The fraction of sp³-hybridized carbons (Fsp3) is 0.176. The van der Waals surface area contributed by atoms with Gasteiger partial charge in [0.25, 0.3) is 0 Å². The largest absolute Gasteiger partial charge is 0.355 e. The molecule has 2 aromatic carbocycles. The van der Waals surface area contributed by atoms with Crippen molar-refractivity contribution < 1.29 is 4.79 Å². The third kappa shape index (κ3) is 3.74. The van der Waals surface area contributed by atoms with E-state index in [-0.39, 0.29) is 5.91 Å². The number of hydrogen-bond donors (Lipinski definition) is 2. The lowest BCUT2D eigenvalue weighted by Gasteiger charge is -2.04. The standard InChI is InChI=1S/C17H16BrN3O/c18-13-7-5-12(6-8-13)11-17(22)19-10-9-16-20-14-3-1-2-4-15(14)21-16/h1-8H,9-11H2,(H,19,22)(H,20,21). The molecule has 0 saturated carbocycles. The summed E-state index contributed by atoms with van der Waals surface area (Å²) in [6.45, 7) is 0.579. The normalized spacial score (nSPS) is 10.8. The molecule has 2 N–H and O–H groups in total. The van der Waals surface area contributed by atoms with Gasteiger partial charge >= 0.3 is 0 Å². The van der Waals surface area contributed by atoms with E-state index in [0.717, 1.165) is 26.9 Å². The van der Waals surface area contributed by atoms with Crippen LogP contribution in [-0.4, -0.2) is 22.4 Å². The van der Waals surface area contributed by atoms with Crippen LogP contribution in [0.15, 0.2) is 53.0 Å². The molecule has 22 heavy (non-hydrogen) atoms. The maximum Gasteiger partial charge on any atom is 0.224 e. The quantitative estimate of drug-likeness (QED) is 0.736. The molecule has 0 radical (unpaired) electrons. The molecule has 0 atom stereocenters. The van der Waals surface area contributed by atoms with Crippen LogP contribution in [0.3, 0.4) is 0 Å². The Balaban J connectivity index is 1.49. The highest BCUT2D eigenvalue weighted by Gasteiger charge is 2.05. The van der Waals surface area contributed by atoms with Crippen LogP contribution >= 0.6 is 15.9 Å². The lowest BCUT2D eigenvalue weighted by Crippen LogP contribution is -2.27. The minimum Gasteiger partial charge on any atom is -0.355 e. The van der Waals surface area contributed by atoms with Crippen molar-refractivity contribution in [3.63, 3.8) is 0 Å². The number of aromatic amines is 1. The van der Waals surface area contributed by atoms with Gasteiger partial charge in [-0.05, 0) is 29.8 Å². The Labute approximate surface area is 137 Å². The van der Waals surface area contributed by atoms with Gasteiger partial charge in [0.1, 0.15) is 5.82 Å². The van der Waals surface area contributed by atoms with Gasteiger partial charge in [-0.2, -0.15) is 0 Å². The summed E-state index contributed by atoms with van der Waals surface area (Å²) < 4.78 is 1.02. The molecule has 0 aliphatic heterocycles. The van der Waals surface area contributed by atoms with Crippen molar-refractivity contribution >= 4 is 32.9 Å². The summed E-state index contributed by atoms with van der Waals surface area (Å²) in [6.07, 6.45) is 1.09. The Bertz CT molecular complexity index is 747. The Kier molecular flexibility index (Phi) is 4.53. The monoisotopic (exact) mass is 357 g/mol. The molecule has 0 saturated heterocycles. The zero-order chi connectivity index (χ0) is 15.4. The molecule has 1 amide bonds. The molecule has 3 rings (SSSR count). The summed E-state index contributed by atoms with van der Waals surface area (Å²) in [6, 6.07) is 15.7. The van der Waals surface area contributed by atoms with Crippen molar-refractivity contribution in [1.82, 2.24) is 15.3 Å². The lowest BCUT2D eigenvalue weighted by molar-refractivity contribution is -0.120. The third-order valence-corrected chi connectivity index (χ3v) is 3.93. The second kappa shape index (κ2) is 6.75. The number of carbonyl (C=O) groups is 1. The maximum atomic E-state index is 11.9. The number of hydrogen-bond acceptors (Lipinski definition) is 2. The fourth-order valence-electron chi connectivity index (χ4n) is 2.29. The van der Waals surface area contributed by atoms with Crippen LogP contribution in [0.2, 0.25) is 0 Å². The lowest BCUT2D eigenvalue weighted by atomic mass is 10.1. The first-order valence-electron chi connectivity index (χ1n) is 7.15. The number of nitrogens with one attached hydrogen (secondary N) is 2. The molecular weight excluding hydrogens is 342 g/mol. The zero-order valence-corrected chi connectivity index (χ0v) is 13.6. The summed E-state index contributed by atoms with van der Waals surface area (Å²) in [5.41, 5.74) is 2.99. The molecule has 0 aliphatic rings. The van der Waals surface area contributed by atoms with E-state index >= 15 is 0 Å². The van der Waals surface area contributed by atoms with Crippen LogP contribution in [0.5, 0.6) is 0 Å². The number of rotatable bonds is 5. The van der Waals surface area contributed by atoms with E-state index < -0.39 is 0 Å². The second-order valence-corrected chi connectivity index (χ2v) is 6.02. The van der Waals surface area contributed by atoms with Gasteiger partial charge < -0.3 is 10.3 Å². The molecule has 1 heterocycles. The number of amides is 1. The van der Waals surface area contributed by atoms with Crippen molar-refractivity contribution in [2.24, 2.45) is 0 Å². The number of halogens is 1. The van der Waals surface area contributed by atoms with E-state index in [9.17, 15) is 4.79 Å². The maximum absolute atomic E-state index is 11.9. The van der Waals surface area contributed by atoms with Crippen molar-refractivity contribution in [1.29, 1.82) is 0 Å². The summed E-state index contributed by atoms with van der Waals surface area (Å²) >= 11 is 3.38. The predicted octanol–water partition coefficient (Wildman–Crippen LogP) is 3.23. The molecule has 0 fully saturated rings. The molecular formula is C17H16BrN3O. The first-order chi connectivity index (χ1) is 10.7. The van der Waals surface area contributed by atoms with Gasteiger partial charge in [-0.3, -0.25) is 4.79 Å². The van der Waals surface area contributed by atoms with Crippen molar-refractivity contribution in [3.05, 3.63) is 64.4 Å². The molecule has 112 valence electrons. The van der Waals surface area contributed by atoms with Crippen molar-refractivity contribution in [2.75, 3.05) is 6.54 Å². The van der Waals surface area contributed by atoms with Crippen molar-refractivity contribution in [3.8, 4) is 0 Å². The fourth-order valence-corrected chi connectivity index (χ4v) is 2.56. The molecule has 0 spiro atoms. The highest BCUT2D eigenvalue weighted by molar-refractivity contribution is 9.10. The number of fused-ring (bicyclic) bond motifs is 1. The molecule has 3 aromatic rings. The van der Waals surface area contributed by atoms with E-state index in [0.29, 0.717) is 19.4 Å². The molecule has 5 heteroatoms. The van der Waals surface area contributed by atoms with Gasteiger partial charge in [0.05, 0.1) is 17.5 Å². The van der Waals surface area contributed by atoms with Crippen LogP contribution < -0.4 is 5.32 Å². The average Bonchev–Trinajstić information content (AvgIpc) is 2.92. The summed E-state index contributed by atoms with van der Waals surface area (Å²) in [4.78, 5) is 19.7. The Morgan fingerprint density at radius 1 is 1.14 bits per heavy atom. The SMILES string of the molecule is O=C(Cc1ccc(Br)cc1)NCCc1nc2ccccc2[nH]1. The van der Waals surface area contributed by atoms with Crippen LogP contribution in [-0.2, 0) is 17.6 Å². The van der Waals surface area contributed by atoms with Crippen LogP contribution in [0.4, 0.5) is 0 Å². The van der Waals surface area contributed by atoms with E-state index in [2.05, 4.69) is 31.2 Å². The number of aromatic nitrogens is 2. The average molecular weight is 358 g/mol. The summed E-state index contributed by atoms with van der Waals surface area (Å²) in [5, 5.41) is 2.93. The third-order valence-electron chi connectivity index (χ3n) is 3.40. The predicted molar refractivity (Wildman–Crippen MR) is 90.7 cm³/mol. The number of carbonyl (C=O) groups excluding carboxylic acids is 1. The Morgan fingerprint density at radius 3 is 2.68 bits per heavy atom. The summed E-state index contributed by atoms with van der Waals surface area (Å²) in [5.74, 6) is 0.920. The highest BCUT2D eigenvalue weighted by atomic mass is 79.9. The molecule has 0 aliphatic carbocycles. The number of benzene rings is 2. The zero-order valence-electron chi connectivity index (χ0n) is 12.0. The first kappa shape index (κ1) is 14.8. The van der Waals surface area contributed by atoms with Crippen molar-refractivity contribution in [2.45, 2.75) is 12.8 Å². The minimum atomic E-state index is 0.0263. The van der Waals surface area contributed by atoms with Crippen LogP contribution in [0, 0.1) is 0 Å². The van der Waals surface area contributed by atoms with Gasteiger partial charge in [0.15, 0.2) is 0 Å². The Hall–Kier alpha value is -2.14. The highest BCUT2D eigenvalue weighted by Crippen LogP contribution is 2.11. The summed E-state index contributed by atoms with van der Waals surface area (Å²) in [7, 11) is 0. The van der Waals surface area contributed by atoms with Gasteiger partial charge in [-0.1, -0.05) is 40.2 Å². The molecule has 0 bridgehead atoms. The number of imidazole rings is 1. The van der Waals surface area contributed by atoms with Gasteiger partial charge in [-0.15, -0.1) is 0 Å². The van der Waals surface area contributed by atoms with Gasteiger partial charge in [0, 0.05) is 17.4 Å². The van der Waals surface area contributed by atoms with Gasteiger partial charge in [0.2, 0.25) is 5.91 Å². The van der Waals surface area contributed by atoms with Crippen LogP contribution in [0.1, 0.15) is 11.4 Å². The molecule has 4 nitrogen and oxygen atoms in total. The topological polar surface area (TPSA) is 57.8 Å². The van der Waals surface area contributed by atoms with Gasteiger partial charge in [-0.25, -0.2) is 4.98 Å². The molecule has 0 unspecified atom stereocenters. The van der Waals surface area contributed by atoms with E-state index in [1.165, 1.54) is 0 Å².